The van der Waals surface area contributed by atoms with Gasteiger partial charge in [0.05, 0.1) is 22.3 Å². The topological polar surface area (TPSA) is 72.3 Å². The van der Waals surface area contributed by atoms with Gasteiger partial charge in [-0.25, -0.2) is 0 Å². The molecule has 0 aliphatic heterocycles. The minimum atomic E-state index is -0.542. The summed E-state index contributed by atoms with van der Waals surface area (Å²) in [5.74, 6) is -0.542. The summed E-state index contributed by atoms with van der Waals surface area (Å²) in [6.45, 7) is 2.04. The molecule has 0 radical (unpaired) electrons. The molecule has 1 aromatic heterocycles. The van der Waals surface area contributed by atoms with E-state index in [1.165, 1.54) is 4.88 Å². The minimum absolute atomic E-state index is 0.0780. The zero-order valence-electron chi connectivity index (χ0n) is 11.3. The molecule has 2 rings (SSSR count). The van der Waals surface area contributed by atoms with E-state index in [2.05, 4.69) is 0 Å². The van der Waals surface area contributed by atoms with Gasteiger partial charge in [-0.15, -0.1) is 11.3 Å². The van der Waals surface area contributed by atoms with Crippen molar-refractivity contribution in [3.8, 4) is 0 Å². The van der Waals surface area contributed by atoms with Crippen LogP contribution >= 0.6 is 22.9 Å². The summed E-state index contributed by atoms with van der Waals surface area (Å²) in [5.41, 5.74) is 12.5. The van der Waals surface area contributed by atoms with E-state index in [0.717, 1.165) is 0 Å². The van der Waals surface area contributed by atoms with E-state index in [-0.39, 0.29) is 6.04 Å². The van der Waals surface area contributed by atoms with Gasteiger partial charge in [0.15, 0.2) is 0 Å². The van der Waals surface area contributed by atoms with E-state index in [1.54, 1.807) is 23.5 Å². The Balaban J connectivity index is 2.48. The predicted octanol–water partition coefficient (Wildman–Crippen LogP) is 3.28. The molecule has 0 aliphatic rings. The van der Waals surface area contributed by atoms with Gasteiger partial charge in [-0.2, -0.15) is 0 Å². The number of nitrogens with zero attached hydrogens (tertiary/aromatic N) is 1. The van der Waals surface area contributed by atoms with Crippen molar-refractivity contribution in [3.05, 3.63) is 45.1 Å². The Hall–Kier alpha value is -1.72. The number of nitrogens with two attached hydrogens (primary N) is 2. The Bertz CT molecular complexity index is 628. The van der Waals surface area contributed by atoms with Crippen LogP contribution in [0.2, 0.25) is 5.02 Å². The van der Waals surface area contributed by atoms with Gasteiger partial charge < -0.3 is 16.4 Å². The first-order chi connectivity index (χ1) is 9.41. The number of nitrogen functional groups attached to an aromatic ring is 1. The molecule has 4 N–H and O–H groups in total. The predicted molar refractivity (Wildman–Crippen MR) is 85.5 cm³/mol. The van der Waals surface area contributed by atoms with Crippen molar-refractivity contribution < 1.29 is 4.79 Å². The third-order valence-corrected chi connectivity index (χ3v) is 4.57. The number of primary amides is 1. The first-order valence-corrected chi connectivity index (χ1v) is 7.32. The molecule has 1 amide bonds. The molecule has 0 spiro atoms. The van der Waals surface area contributed by atoms with Crippen LogP contribution in [0.1, 0.15) is 28.2 Å². The van der Waals surface area contributed by atoms with Crippen LogP contribution in [0.5, 0.6) is 0 Å². The maximum Gasteiger partial charge on any atom is 0.250 e. The molecular weight excluding hydrogens is 294 g/mol. The number of rotatable bonds is 4. The first-order valence-electron chi connectivity index (χ1n) is 6.07. The summed E-state index contributed by atoms with van der Waals surface area (Å²) in [5, 5.41) is 2.43. The van der Waals surface area contributed by atoms with Gasteiger partial charge in [0.2, 0.25) is 0 Å². The highest BCUT2D eigenvalue weighted by Crippen LogP contribution is 2.36. The summed E-state index contributed by atoms with van der Waals surface area (Å²) in [6.07, 6.45) is 0. The van der Waals surface area contributed by atoms with Gasteiger partial charge in [-0.3, -0.25) is 4.79 Å². The molecule has 106 valence electrons. The Morgan fingerprint density at radius 3 is 2.70 bits per heavy atom. The Morgan fingerprint density at radius 2 is 2.15 bits per heavy atom. The normalized spacial score (nSPS) is 12.2. The number of carbonyl (C=O) groups excluding carboxylic acids is 1. The van der Waals surface area contributed by atoms with Gasteiger partial charge in [0.25, 0.3) is 5.91 Å². The number of halogens is 1. The zero-order chi connectivity index (χ0) is 14.9. The van der Waals surface area contributed by atoms with Crippen LogP contribution < -0.4 is 16.4 Å². The molecule has 6 heteroatoms. The van der Waals surface area contributed by atoms with Crippen LogP contribution in [0.15, 0.2) is 29.6 Å². The summed E-state index contributed by atoms with van der Waals surface area (Å²) in [6, 6.07) is 7.29. The van der Waals surface area contributed by atoms with Crippen molar-refractivity contribution >= 4 is 40.2 Å². The molecule has 0 saturated carbocycles. The van der Waals surface area contributed by atoms with Crippen LogP contribution in [0, 0.1) is 0 Å². The molecular formula is C14H16ClN3OS. The molecule has 1 atom stereocenters. The summed E-state index contributed by atoms with van der Waals surface area (Å²) >= 11 is 7.90. The minimum Gasteiger partial charge on any atom is -0.399 e. The second-order valence-electron chi connectivity index (χ2n) is 4.57. The Morgan fingerprint density at radius 1 is 1.45 bits per heavy atom. The SMILES string of the molecule is CC(c1cccs1)N(C)c1c(Cl)cc(N)cc1C(N)=O. The number of amides is 1. The standard InChI is InChI=1S/C14H16ClN3OS/c1-8(12-4-3-5-20-12)18(2)13-10(14(17)19)6-9(16)7-11(13)15/h3-8H,16H2,1-2H3,(H2,17,19). The number of thiophene rings is 1. The number of benzene rings is 1. The fourth-order valence-corrected chi connectivity index (χ4v) is 3.27. The summed E-state index contributed by atoms with van der Waals surface area (Å²) in [4.78, 5) is 14.7. The first kappa shape index (κ1) is 14.7. The lowest BCUT2D eigenvalue weighted by atomic mass is 10.1. The Labute approximate surface area is 126 Å². The molecule has 1 aromatic carbocycles. The van der Waals surface area contributed by atoms with Crippen LogP contribution in [0.25, 0.3) is 0 Å². The van der Waals surface area contributed by atoms with Crippen LogP contribution in [0.3, 0.4) is 0 Å². The molecule has 1 heterocycles. The van der Waals surface area contributed by atoms with E-state index in [1.807, 2.05) is 36.4 Å². The van der Waals surface area contributed by atoms with Crippen molar-refractivity contribution in [2.75, 3.05) is 17.7 Å². The number of hydrogen-bond acceptors (Lipinski definition) is 4. The second kappa shape index (κ2) is 5.73. The van der Waals surface area contributed by atoms with Crippen molar-refractivity contribution in [2.45, 2.75) is 13.0 Å². The average Bonchev–Trinajstić information content (AvgIpc) is 2.89. The third kappa shape index (κ3) is 2.73. The van der Waals surface area contributed by atoms with Crippen molar-refractivity contribution in [1.29, 1.82) is 0 Å². The lowest BCUT2D eigenvalue weighted by molar-refractivity contribution is 0.100. The number of anilines is 2. The van der Waals surface area contributed by atoms with E-state index in [4.69, 9.17) is 23.1 Å². The highest BCUT2D eigenvalue weighted by atomic mass is 35.5. The van der Waals surface area contributed by atoms with Crippen molar-refractivity contribution in [2.24, 2.45) is 5.73 Å². The number of hydrogen-bond donors (Lipinski definition) is 2. The maximum atomic E-state index is 11.6. The molecule has 0 fully saturated rings. The molecule has 0 saturated heterocycles. The molecule has 0 bridgehead atoms. The van der Waals surface area contributed by atoms with Crippen LogP contribution in [0.4, 0.5) is 11.4 Å². The summed E-state index contributed by atoms with van der Waals surface area (Å²) in [7, 11) is 1.88. The van der Waals surface area contributed by atoms with Gasteiger partial charge in [-0.1, -0.05) is 17.7 Å². The smallest absolute Gasteiger partial charge is 0.250 e. The fraction of sp³-hybridized carbons (Fsp3) is 0.214. The van der Waals surface area contributed by atoms with Crippen molar-refractivity contribution in [1.82, 2.24) is 0 Å². The lowest BCUT2D eigenvalue weighted by Crippen LogP contribution is -2.25. The molecule has 1 unspecified atom stereocenters. The highest BCUT2D eigenvalue weighted by molar-refractivity contribution is 7.10. The molecule has 2 aromatic rings. The van der Waals surface area contributed by atoms with Crippen LogP contribution in [-0.2, 0) is 0 Å². The summed E-state index contributed by atoms with van der Waals surface area (Å²) < 4.78 is 0. The highest BCUT2D eigenvalue weighted by Gasteiger charge is 2.21. The van der Waals surface area contributed by atoms with Gasteiger partial charge in [0.1, 0.15) is 0 Å². The van der Waals surface area contributed by atoms with E-state index < -0.39 is 5.91 Å². The van der Waals surface area contributed by atoms with E-state index in [0.29, 0.717) is 22.0 Å². The van der Waals surface area contributed by atoms with Gasteiger partial charge in [-0.05, 0) is 30.5 Å². The second-order valence-corrected chi connectivity index (χ2v) is 5.95. The van der Waals surface area contributed by atoms with E-state index >= 15 is 0 Å². The molecule has 4 nitrogen and oxygen atoms in total. The average molecular weight is 310 g/mol. The third-order valence-electron chi connectivity index (χ3n) is 3.24. The van der Waals surface area contributed by atoms with Crippen LogP contribution in [-0.4, -0.2) is 13.0 Å². The lowest BCUT2D eigenvalue weighted by Gasteiger charge is -2.29. The molecule has 20 heavy (non-hydrogen) atoms. The Kier molecular flexibility index (Phi) is 4.20. The monoisotopic (exact) mass is 309 g/mol. The molecule has 0 aliphatic carbocycles. The van der Waals surface area contributed by atoms with Gasteiger partial charge in [0, 0.05) is 17.6 Å². The number of carbonyl (C=O) groups is 1. The van der Waals surface area contributed by atoms with Crippen molar-refractivity contribution in [3.63, 3.8) is 0 Å². The fourth-order valence-electron chi connectivity index (χ4n) is 2.08. The maximum absolute atomic E-state index is 11.6. The van der Waals surface area contributed by atoms with Gasteiger partial charge >= 0.3 is 0 Å². The largest absolute Gasteiger partial charge is 0.399 e. The zero-order valence-corrected chi connectivity index (χ0v) is 12.8. The quantitative estimate of drug-likeness (QED) is 0.851. The van der Waals surface area contributed by atoms with E-state index in [9.17, 15) is 4.79 Å².